The van der Waals surface area contributed by atoms with Gasteiger partial charge in [-0.25, -0.2) is 0 Å². The van der Waals surface area contributed by atoms with Crippen molar-refractivity contribution in [1.82, 2.24) is 15.2 Å². The van der Waals surface area contributed by atoms with Crippen LogP contribution in [0.15, 0.2) is 42.6 Å². The maximum absolute atomic E-state index is 12.6. The Balaban J connectivity index is 1.46. The number of nitrogens with zero attached hydrogens (tertiary/aromatic N) is 2. The average molecular weight is 353 g/mol. The zero-order valence-corrected chi connectivity index (χ0v) is 14.7. The normalized spacial score (nSPS) is 18.0. The van der Waals surface area contributed by atoms with Crippen LogP contribution in [0, 0.1) is 0 Å². The largest absolute Gasteiger partial charge is 0.493 e. The first-order chi connectivity index (χ1) is 12.8. The molecule has 1 aromatic carbocycles. The van der Waals surface area contributed by atoms with Crippen molar-refractivity contribution in [2.75, 3.05) is 39.5 Å². The second-order valence-corrected chi connectivity index (χ2v) is 6.55. The molecule has 0 radical (unpaired) electrons. The first-order valence-corrected chi connectivity index (χ1v) is 9.08. The fraction of sp³-hybridized carbons (Fsp3) is 0.400. The van der Waals surface area contributed by atoms with Crippen molar-refractivity contribution in [3.63, 3.8) is 0 Å². The summed E-state index contributed by atoms with van der Waals surface area (Å²) >= 11 is 0. The van der Waals surface area contributed by atoms with Crippen LogP contribution in [0.4, 0.5) is 0 Å². The highest BCUT2D eigenvalue weighted by Gasteiger charge is 2.24. The van der Waals surface area contributed by atoms with Crippen LogP contribution >= 0.6 is 0 Å². The summed E-state index contributed by atoms with van der Waals surface area (Å²) in [5, 5.41) is 3.08. The number of ether oxygens (including phenoxy) is 2. The molecule has 2 aliphatic rings. The van der Waals surface area contributed by atoms with E-state index in [0.29, 0.717) is 31.9 Å². The standard InChI is InChI=1S/C20H23N3O3/c24-20(16-4-5-19-15(13-16)6-10-26-19)22-14-18(17-3-1-2-7-21-17)23-8-11-25-12-9-23/h1-5,7,13,18H,6,8-12,14H2,(H,22,24)/t18-/m1/s1. The predicted octanol–water partition coefficient (Wildman–Crippen LogP) is 1.82. The molecule has 1 atom stereocenters. The summed E-state index contributed by atoms with van der Waals surface area (Å²) in [5.41, 5.74) is 2.75. The molecule has 4 rings (SSSR count). The molecule has 1 aromatic heterocycles. The molecule has 6 nitrogen and oxygen atoms in total. The van der Waals surface area contributed by atoms with E-state index in [4.69, 9.17) is 9.47 Å². The van der Waals surface area contributed by atoms with Gasteiger partial charge in [0.2, 0.25) is 0 Å². The van der Waals surface area contributed by atoms with Gasteiger partial charge < -0.3 is 14.8 Å². The molecule has 0 spiro atoms. The number of carbonyl (C=O) groups is 1. The van der Waals surface area contributed by atoms with Gasteiger partial charge in [0.1, 0.15) is 5.75 Å². The van der Waals surface area contributed by atoms with Gasteiger partial charge in [0.05, 0.1) is 31.6 Å². The van der Waals surface area contributed by atoms with Crippen molar-refractivity contribution < 1.29 is 14.3 Å². The highest BCUT2D eigenvalue weighted by atomic mass is 16.5. The van der Waals surface area contributed by atoms with Gasteiger partial charge in [0.15, 0.2) is 0 Å². The zero-order valence-electron chi connectivity index (χ0n) is 14.7. The van der Waals surface area contributed by atoms with E-state index in [1.165, 1.54) is 0 Å². The number of benzene rings is 1. The number of amides is 1. The van der Waals surface area contributed by atoms with Gasteiger partial charge in [0.25, 0.3) is 5.91 Å². The minimum absolute atomic E-state index is 0.0433. The molecule has 2 aliphatic heterocycles. The Morgan fingerprint density at radius 3 is 2.88 bits per heavy atom. The van der Waals surface area contributed by atoms with Crippen LogP contribution in [0.1, 0.15) is 27.7 Å². The third kappa shape index (κ3) is 3.71. The first-order valence-electron chi connectivity index (χ1n) is 9.08. The van der Waals surface area contributed by atoms with Crippen LogP contribution < -0.4 is 10.1 Å². The van der Waals surface area contributed by atoms with Gasteiger partial charge in [0, 0.05) is 37.8 Å². The fourth-order valence-electron chi connectivity index (χ4n) is 3.50. The molecular weight excluding hydrogens is 330 g/mol. The summed E-state index contributed by atoms with van der Waals surface area (Å²) in [6.45, 7) is 4.31. The Hall–Kier alpha value is -2.44. The number of carbonyl (C=O) groups excluding carboxylic acids is 1. The quantitative estimate of drug-likeness (QED) is 0.888. The third-order valence-corrected chi connectivity index (χ3v) is 4.92. The van der Waals surface area contributed by atoms with E-state index in [-0.39, 0.29) is 11.9 Å². The third-order valence-electron chi connectivity index (χ3n) is 4.92. The number of fused-ring (bicyclic) bond motifs is 1. The minimum Gasteiger partial charge on any atom is -0.493 e. The van der Waals surface area contributed by atoms with E-state index in [9.17, 15) is 4.79 Å². The molecule has 1 amide bonds. The molecule has 0 saturated carbocycles. The number of rotatable bonds is 5. The molecule has 1 N–H and O–H groups in total. The second kappa shape index (κ2) is 7.85. The van der Waals surface area contributed by atoms with E-state index in [0.717, 1.165) is 36.5 Å². The topological polar surface area (TPSA) is 63.7 Å². The highest BCUT2D eigenvalue weighted by molar-refractivity contribution is 5.94. The van der Waals surface area contributed by atoms with Crippen molar-refractivity contribution in [3.8, 4) is 5.75 Å². The SMILES string of the molecule is O=C(NC[C@H](c1ccccn1)N1CCOCC1)c1ccc2c(c1)CCO2. The van der Waals surface area contributed by atoms with E-state index in [2.05, 4.69) is 15.2 Å². The van der Waals surface area contributed by atoms with Gasteiger partial charge in [-0.2, -0.15) is 0 Å². The monoisotopic (exact) mass is 353 g/mol. The van der Waals surface area contributed by atoms with Crippen LogP contribution in [-0.4, -0.2) is 55.2 Å². The van der Waals surface area contributed by atoms with Gasteiger partial charge in [-0.05, 0) is 35.9 Å². The summed E-state index contributed by atoms with van der Waals surface area (Å²) in [6.07, 6.45) is 2.66. The van der Waals surface area contributed by atoms with Crippen LogP contribution in [0.25, 0.3) is 0 Å². The van der Waals surface area contributed by atoms with E-state index < -0.39 is 0 Å². The first kappa shape index (κ1) is 17.0. The number of pyridine rings is 1. The number of hydrogen-bond donors (Lipinski definition) is 1. The van der Waals surface area contributed by atoms with E-state index >= 15 is 0 Å². The summed E-state index contributed by atoms with van der Waals surface area (Å²) in [4.78, 5) is 19.5. The van der Waals surface area contributed by atoms with E-state index in [1.807, 2.05) is 36.4 Å². The lowest BCUT2D eigenvalue weighted by atomic mass is 10.1. The number of hydrogen-bond acceptors (Lipinski definition) is 5. The van der Waals surface area contributed by atoms with Crippen molar-refractivity contribution in [2.45, 2.75) is 12.5 Å². The van der Waals surface area contributed by atoms with Crippen LogP contribution in [0.2, 0.25) is 0 Å². The minimum atomic E-state index is -0.0612. The van der Waals surface area contributed by atoms with Crippen molar-refractivity contribution in [3.05, 3.63) is 59.4 Å². The maximum Gasteiger partial charge on any atom is 0.251 e. The lowest BCUT2D eigenvalue weighted by molar-refractivity contribution is 0.0154. The molecule has 0 unspecified atom stereocenters. The van der Waals surface area contributed by atoms with Crippen molar-refractivity contribution in [2.24, 2.45) is 0 Å². The van der Waals surface area contributed by atoms with Gasteiger partial charge in [-0.15, -0.1) is 0 Å². The summed E-state index contributed by atoms with van der Waals surface area (Å²) in [5.74, 6) is 0.829. The molecule has 0 bridgehead atoms. The number of aromatic nitrogens is 1. The highest BCUT2D eigenvalue weighted by Crippen LogP contribution is 2.26. The maximum atomic E-state index is 12.6. The van der Waals surface area contributed by atoms with Crippen LogP contribution in [0.5, 0.6) is 5.75 Å². The molecule has 136 valence electrons. The Kier molecular flexibility index (Phi) is 5.13. The fourth-order valence-corrected chi connectivity index (χ4v) is 3.50. The smallest absolute Gasteiger partial charge is 0.251 e. The Morgan fingerprint density at radius 1 is 1.19 bits per heavy atom. The summed E-state index contributed by atoms with van der Waals surface area (Å²) < 4.78 is 11.0. The van der Waals surface area contributed by atoms with Gasteiger partial charge >= 0.3 is 0 Å². The Morgan fingerprint density at radius 2 is 2.08 bits per heavy atom. The van der Waals surface area contributed by atoms with Crippen molar-refractivity contribution >= 4 is 5.91 Å². The summed E-state index contributed by atoms with van der Waals surface area (Å²) in [6, 6.07) is 11.6. The zero-order chi connectivity index (χ0) is 17.8. The van der Waals surface area contributed by atoms with Crippen LogP contribution in [-0.2, 0) is 11.2 Å². The lowest BCUT2D eigenvalue weighted by Crippen LogP contribution is -2.44. The second-order valence-electron chi connectivity index (χ2n) is 6.55. The number of nitrogens with one attached hydrogen (secondary N) is 1. The van der Waals surface area contributed by atoms with E-state index in [1.54, 1.807) is 6.20 Å². The molecule has 2 aromatic rings. The molecule has 3 heterocycles. The Bertz CT molecular complexity index is 760. The lowest BCUT2D eigenvalue weighted by Gasteiger charge is -2.34. The predicted molar refractivity (Wildman–Crippen MR) is 97.3 cm³/mol. The Labute approximate surface area is 153 Å². The van der Waals surface area contributed by atoms with Gasteiger partial charge in [-0.1, -0.05) is 6.07 Å². The summed E-state index contributed by atoms with van der Waals surface area (Å²) in [7, 11) is 0. The van der Waals surface area contributed by atoms with Crippen LogP contribution in [0.3, 0.4) is 0 Å². The molecule has 26 heavy (non-hydrogen) atoms. The van der Waals surface area contributed by atoms with Gasteiger partial charge in [-0.3, -0.25) is 14.7 Å². The molecule has 1 saturated heterocycles. The van der Waals surface area contributed by atoms with Crippen molar-refractivity contribution in [1.29, 1.82) is 0 Å². The molecule has 0 aliphatic carbocycles. The molecule has 1 fully saturated rings. The average Bonchev–Trinajstić information content (AvgIpc) is 3.17. The molecular formula is C20H23N3O3. The molecule has 6 heteroatoms. The number of morpholine rings is 1.